The Hall–Kier alpha value is -0.540. The van der Waals surface area contributed by atoms with Gasteiger partial charge in [0.2, 0.25) is 0 Å². The number of hydrogen-bond acceptors (Lipinski definition) is 2. The third-order valence-corrected chi connectivity index (χ3v) is 4.66. The average Bonchev–Trinajstić information content (AvgIpc) is 2.78. The largest absolute Gasteiger partial charge is 0.371 e. The Balaban J connectivity index is 2.19. The van der Waals surface area contributed by atoms with E-state index in [-0.39, 0.29) is 0 Å². The highest BCUT2D eigenvalue weighted by atomic mass is 79.9. The molecule has 0 saturated carbocycles. The van der Waals surface area contributed by atoms with Crippen molar-refractivity contribution < 1.29 is 0 Å². The van der Waals surface area contributed by atoms with Gasteiger partial charge >= 0.3 is 0 Å². The van der Waals surface area contributed by atoms with Crippen molar-refractivity contribution in [2.75, 3.05) is 25.0 Å². The molecule has 2 nitrogen and oxygen atoms in total. The number of anilines is 1. The summed E-state index contributed by atoms with van der Waals surface area (Å²) in [7, 11) is 2.01. The third kappa shape index (κ3) is 3.51. The molecule has 1 saturated heterocycles. The van der Waals surface area contributed by atoms with E-state index in [0.717, 1.165) is 16.9 Å². The van der Waals surface area contributed by atoms with Crippen LogP contribution in [0.5, 0.6) is 0 Å². The third-order valence-electron chi connectivity index (χ3n) is 4.16. The highest BCUT2D eigenvalue weighted by Gasteiger charge is 2.32. The van der Waals surface area contributed by atoms with E-state index in [9.17, 15) is 0 Å². The molecule has 106 valence electrons. The van der Waals surface area contributed by atoms with Gasteiger partial charge in [-0.1, -0.05) is 36.7 Å². The number of hydrogen-bond donors (Lipinski definition) is 1. The smallest absolute Gasteiger partial charge is 0.0412 e. The van der Waals surface area contributed by atoms with E-state index in [1.807, 2.05) is 7.05 Å². The Morgan fingerprint density at radius 1 is 1.37 bits per heavy atom. The minimum Gasteiger partial charge on any atom is -0.371 e. The topological polar surface area (TPSA) is 15.3 Å². The lowest BCUT2D eigenvalue weighted by atomic mass is 9.80. The number of benzene rings is 1. The van der Waals surface area contributed by atoms with E-state index in [1.54, 1.807) is 0 Å². The fourth-order valence-corrected chi connectivity index (χ4v) is 3.29. The summed E-state index contributed by atoms with van der Waals surface area (Å²) >= 11 is 3.57. The van der Waals surface area contributed by atoms with Crippen LogP contribution in [0.3, 0.4) is 0 Å². The van der Waals surface area contributed by atoms with Crippen LogP contribution in [-0.2, 0) is 6.54 Å². The fraction of sp³-hybridized carbons (Fsp3) is 0.625. The van der Waals surface area contributed by atoms with Crippen molar-refractivity contribution in [3.05, 3.63) is 28.2 Å². The predicted molar refractivity (Wildman–Crippen MR) is 86.7 cm³/mol. The van der Waals surface area contributed by atoms with E-state index >= 15 is 0 Å². The molecule has 2 rings (SSSR count). The van der Waals surface area contributed by atoms with Crippen molar-refractivity contribution in [2.45, 2.75) is 33.7 Å². The average molecular weight is 325 g/mol. The molecule has 1 aromatic rings. The summed E-state index contributed by atoms with van der Waals surface area (Å²) in [6.45, 7) is 10.4. The monoisotopic (exact) mass is 324 g/mol. The second kappa shape index (κ2) is 5.84. The molecule has 1 aliphatic heterocycles. The minimum atomic E-state index is 0.410. The molecule has 1 atom stereocenters. The van der Waals surface area contributed by atoms with Gasteiger partial charge in [0.05, 0.1) is 0 Å². The summed E-state index contributed by atoms with van der Waals surface area (Å²) in [6, 6.07) is 6.64. The van der Waals surface area contributed by atoms with Crippen LogP contribution in [0.25, 0.3) is 0 Å². The van der Waals surface area contributed by atoms with E-state index in [2.05, 4.69) is 65.1 Å². The summed E-state index contributed by atoms with van der Waals surface area (Å²) in [5, 5.41) is 3.27. The van der Waals surface area contributed by atoms with Gasteiger partial charge in [-0.15, -0.1) is 0 Å². The number of halogens is 1. The van der Waals surface area contributed by atoms with Crippen LogP contribution < -0.4 is 10.2 Å². The molecule has 0 amide bonds. The Morgan fingerprint density at radius 2 is 2.11 bits per heavy atom. The van der Waals surface area contributed by atoms with Crippen LogP contribution in [0.1, 0.15) is 32.8 Å². The molecule has 0 spiro atoms. The van der Waals surface area contributed by atoms with Gasteiger partial charge in [0, 0.05) is 29.8 Å². The summed E-state index contributed by atoms with van der Waals surface area (Å²) in [5.41, 5.74) is 3.18. The van der Waals surface area contributed by atoms with Crippen LogP contribution in [0.15, 0.2) is 22.7 Å². The van der Waals surface area contributed by atoms with Crippen molar-refractivity contribution in [1.29, 1.82) is 0 Å². The molecule has 19 heavy (non-hydrogen) atoms. The molecule has 1 heterocycles. The lowest BCUT2D eigenvalue weighted by Gasteiger charge is -2.28. The molecule has 0 radical (unpaired) electrons. The summed E-state index contributed by atoms with van der Waals surface area (Å²) in [6.07, 6.45) is 1.30. The summed E-state index contributed by atoms with van der Waals surface area (Å²) < 4.78 is 1.16. The van der Waals surface area contributed by atoms with Gasteiger partial charge in [0.15, 0.2) is 0 Å². The highest BCUT2D eigenvalue weighted by molar-refractivity contribution is 9.10. The van der Waals surface area contributed by atoms with Gasteiger partial charge in [-0.05, 0) is 48.6 Å². The molecule has 0 bridgehead atoms. The highest BCUT2D eigenvalue weighted by Crippen LogP contribution is 2.37. The first-order valence-electron chi connectivity index (χ1n) is 7.10. The maximum absolute atomic E-state index is 3.57. The molecule has 1 N–H and O–H groups in total. The Bertz CT molecular complexity index is 437. The molecule has 3 heteroatoms. The maximum Gasteiger partial charge on any atom is 0.0412 e. The molecular formula is C16H25BrN2. The molecule has 0 aliphatic carbocycles. The van der Waals surface area contributed by atoms with Crippen molar-refractivity contribution in [1.82, 2.24) is 5.32 Å². The number of rotatable bonds is 3. The van der Waals surface area contributed by atoms with Crippen molar-refractivity contribution in [3.63, 3.8) is 0 Å². The standard InChI is InChI=1S/C16H25BrN2/c1-16(2,3)13-7-8-19(11-13)15-6-5-14(17)9-12(15)10-18-4/h5-6,9,13,18H,7-8,10-11H2,1-4H3. The van der Waals surface area contributed by atoms with Crippen molar-refractivity contribution in [2.24, 2.45) is 11.3 Å². The normalized spacial score (nSPS) is 20.1. The van der Waals surface area contributed by atoms with Crippen LogP contribution in [-0.4, -0.2) is 20.1 Å². The Labute approximate surface area is 125 Å². The van der Waals surface area contributed by atoms with Gasteiger partial charge < -0.3 is 10.2 Å². The fourth-order valence-electron chi connectivity index (χ4n) is 2.88. The molecule has 1 unspecified atom stereocenters. The van der Waals surface area contributed by atoms with Gasteiger partial charge in [-0.25, -0.2) is 0 Å². The number of nitrogens with one attached hydrogen (secondary N) is 1. The molecular weight excluding hydrogens is 300 g/mol. The maximum atomic E-state index is 3.57. The first-order chi connectivity index (χ1) is 8.91. The van der Waals surface area contributed by atoms with Crippen LogP contribution in [0.2, 0.25) is 0 Å². The zero-order chi connectivity index (χ0) is 14.0. The molecule has 1 aliphatic rings. The van der Waals surface area contributed by atoms with Crippen molar-refractivity contribution >= 4 is 21.6 Å². The van der Waals surface area contributed by atoms with E-state index in [0.29, 0.717) is 5.41 Å². The van der Waals surface area contributed by atoms with Crippen LogP contribution in [0, 0.1) is 11.3 Å². The van der Waals surface area contributed by atoms with Crippen LogP contribution in [0.4, 0.5) is 5.69 Å². The van der Waals surface area contributed by atoms with Gasteiger partial charge in [0.25, 0.3) is 0 Å². The van der Waals surface area contributed by atoms with E-state index in [4.69, 9.17) is 0 Å². The second-order valence-corrected chi connectivity index (χ2v) is 7.52. The van der Waals surface area contributed by atoms with Crippen molar-refractivity contribution in [3.8, 4) is 0 Å². The zero-order valence-electron chi connectivity index (χ0n) is 12.5. The minimum absolute atomic E-state index is 0.410. The summed E-state index contributed by atoms with van der Waals surface area (Å²) in [4.78, 5) is 2.55. The summed E-state index contributed by atoms with van der Waals surface area (Å²) in [5.74, 6) is 0.790. The lowest BCUT2D eigenvalue weighted by molar-refractivity contribution is 0.263. The lowest BCUT2D eigenvalue weighted by Crippen LogP contribution is -2.26. The zero-order valence-corrected chi connectivity index (χ0v) is 14.0. The van der Waals surface area contributed by atoms with Gasteiger partial charge in [-0.2, -0.15) is 0 Å². The predicted octanol–water partition coefficient (Wildman–Crippen LogP) is 4.04. The van der Waals surface area contributed by atoms with E-state index < -0.39 is 0 Å². The Morgan fingerprint density at radius 3 is 2.68 bits per heavy atom. The van der Waals surface area contributed by atoms with E-state index in [1.165, 1.54) is 30.8 Å². The molecule has 1 fully saturated rings. The second-order valence-electron chi connectivity index (χ2n) is 6.60. The SMILES string of the molecule is CNCc1cc(Br)ccc1N1CCC(C(C)(C)C)C1. The molecule has 1 aromatic carbocycles. The first-order valence-corrected chi connectivity index (χ1v) is 7.89. The first kappa shape index (κ1) is 14.9. The van der Waals surface area contributed by atoms with Gasteiger partial charge in [-0.3, -0.25) is 0 Å². The Kier molecular flexibility index (Phi) is 4.57. The van der Waals surface area contributed by atoms with Gasteiger partial charge in [0.1, 0.15) is 0 Å². The quantitative estimate of drug-likeness (QED) is 0.902. The molecule has 0 aromatic heterocycles. The van der Waals surface area contributed by atoms with Crippen LogP contribution >= 0.6 is 15.9 Å². The number of nitrogens with zero attached hydrogens (tertiary/aromatic N) is 1.